The molecule has 5 nitrogen and oxygen atoms in total. The predicted molar refractivity (Wildman–Crippen MR) is 82.4 cm³/mol. The van der Waals surface area contributed by atoms with E-state index in [0.717, 1.165) is 5.39 Å². The smallest absolute Gasteiger partial charge is 0.261 e. The number of aromatic nitrogens is 1. The van der Waals surface area contributed by atoms with Gasteiger partial charge >= 0.3 is 0 Å². The van der Waals surface area contributed by atoms with E-state index in [0.29, 0.717) is 12.1 Å². The first-order chi connectivity index (χ1) is 8.93. The van der Waals surface area contributed by atoms with Gasteiger partial charge in [0.05, 0.1) is 0 Å². The second-order valence-corrected chi connectivity index (χ2v) is 5.14. The Morgan fingerprint density at radius 2 is 2.00 bits per heavy atom. The number of carbonyl (C=O) groups excluding carboxylic acids is 1. The van der Waals surface area contributed by atoms with Gasteiger partial charge in [-0.05, 0) is 31.4 Å². The Morgan fingerprint density at radius 3 is 2.65 bits per heavy atom. The molecule has 0 saturated carbocycles. The van der Waals surface area contributed by atoms with Crippen molar-refractivity contribution in [2.45, 2.75) is 19.4 Å². The number of rotatable bonds is 3. The summed E-state index contributed by atoms with van der Waals surface area (Å²) in [6.45, 7) is 3.91. The summed E-state index contributed by atoms with van der Waals surface area (Å²) in [4.78, 5) is 26.7. The van der Waals surface area contributed by atoms with Gasteiger partial charge in [-0.2, -0.15) is 0 Å². The molecule has 1 aromatic carbocycles. The van der Waals surface area contributed by atoms with Gasteiger partial charge in [0.2, 0.25) is 0 Å². The molecule has 0 radical (unpaired) electrons. The zero-order valence-electron chi connectivity index (χ0n) is 11.4. The van der Waals surface area contributed by atoms with E-state index in [1.165, 1.54) is 0 Å². The number of benzene rings is 1. The average molecular weight is 296 g/mol. The number of aromatic amines is 1. The molecule has 108 valence electrons. The zero-order valence-corrected chi connectivity index (χ0v) is 12.2. The SMILES string of the molecule is CC(C)(CN)NC(=O)c1cc2ccccc2[nH]c1=O.Cl. The molecular formula is C14H18ClN3O2. The van der Waals surface area contributed by atoms with Crippen molar-refractivity contribution in [1.82, 2.24) is 10.3 Å². The maximum absolute atomic E-state index is 12.1. The minimum Gasteiger partial charge on any atom is -0.346 e. The molecule has 0 aliphatic carbocycles. The predicted octanol–water partition coefficient (Wildman–Crippen LogP) is 1.42. The van der Waals surface area contributed by atoms with Crippen LogP contribution < -0.4 is 16.6 Å². The fourth-order valence-corrected chi connectivity index (χ4v) is 1.74. The van der Waals surface area contributed by atoms with Crippen molar-refractivity contribution in [3.05, 3.63) is 46.2 Å². The third kappa shape index (κ3) is 3.37. The number of hydrogen-bond acceptors (Lipinski definition) is 3. The van der Waals surface area contributed by atoms with Gasteiger partial charge in [0, 0.05) is 17.6 Å². The van der Waals surface area contributed by atoms with Crippen LogP contribution in [0.15, 0.2) is 35.1 Å². The molecule has 0 atom stereocenters. The van der Waals surface area contributed by atoms with Crippen LogP contribution in [0.25, 0.3) is 10.9 Å². The van der Waals surface area contributed by atoms with Crippen molar-refractivity contribution >= 4 is 29.2 Å². The Morgan fingerprint density at radius 1 is 1.35 bits per heavy atom. The van der Waals surface area contributed by atoms with Gasteiger partial charge in [-0.15, -0.1) is 12.4 Å². The van der Waals surface area contributed by atoms with Crippen molar-refractivity contribution in [2.75, 3.05) is 6.54 Å². The number of amides is 1. The van der Waals surface area contributed by atoms with Crippen molar-refractivity contribution < 1.29 is 4.79 Å². The van der Waals surface area contributed by atoms with Crippen LogP contribution in [0.1, 0.15) is 24.2 Å². The lowest BCUT2D eigenvalue weighted by atomic mass is 10.1. The first kappa shape index (κ1) is 16.2. The highest BCUT2D eigenvalue weighted by atomic mass is 35.5. The van der Waals surface area contributed by atoms with Gasteiger partial charge in [0.15, 0.2) is 0 Å². The maximum atomic E-state index is 12.1. The molecule has 0 saturated heterocycles. The summed E-state index contributed by atoms with van der Waals surface area (Å²) in [6.07, 6.45) is 0. The summed E-state index contributed by atoms with van der Waals surface area (Å²) in [5.41, 5.74) is 5.42. The summed E-state index contributed by atoms with van der Waals surface area (Å²) in [5, 5.41) is 3.56. The Kier molecular flexibility index (Phi) is 4.92. The Labute approximate surface area is 123 Å². The summed E-state index contributed by atoms with van der Waals surface area (Å²) in [7, 11) is 0. The van der Waals surface area contributed by atoms with E-state index >= 15 is 0 Å². The number of pyridine rings is 1. The standard InChI is InChI=1S/C14H17N3O2.ClH/c1-14(2,8-15)17-13(19)10-7-9-5-3-4-6-11(9)16-12(10)18;/h3-7H,8,15H2,1-2H3,(H,16,18)(H,17,19);1H. The van der Waals surface area contributed by atoms with Crippen LogP contribution in [0.3, 0.4) is 0 Å². The van der Waals surface area contributed by atoms with Crippen LogP contribution >= 0.6 is 12.4 Å². The monoisotopic (exact) mass is 295 g/mol. The fourth-order valence-electron chi connectivity index (χ4n) is 1.74. The van der Waals surface area contributed by atoms with Crippen molar-refractivity contribution in [3.8, 4) is 0 Å². The Bertz CT molecular complexity index is 679. The van der Waals surface area contributed by atoms with Gasteiger partial charge < -0.3 is 16.0 Å². The van der Waals surface area contributed by atoms with Crippen LogP contribution in [0, 0.1) is 0 Å². The highest BCUT2D eigenvalue weighted by Crippen LogP contribution is 2.10. The van der Waals surface area contributed by atoms with E-state index in [-0.39, 0.29) is 18.0 Å². The number of hydrogen-bond donors (Lipinski definition) is 3. The normalized spacial score (nSPS) is 10.9. The lowest BCUT2D eigenvalue weighted by Gasteiger charge is -2.23. The van der Waals surface area contributed by atoms with E-state index in [1.54, 1.807) is 26.0 Å². The molecule has 0 fully saturated rings. The summed E-state index contributed by atoms with van der Waals surface area (Å²) < 4.78 is 0. The Balaban J connectivity index is 0.00000200. The number of nitrogens with one attached hydrogen (secondary N) is 2. The van der Waals surface area contributed by atoms with E-state index < -0.39 is 17.0 Å². The van der Waals surface area contributed by atoms with E-state index in [4.69, 9.17) is 5.73 Å². The molecule has 0 unspecified atom stereocenters. The summed E-state index contributed by atoms with van der Waals surface area (Å²) in [6, 6.07) is 8.91. The van der Waals surface area contributed by atoms with Crippen LogP contribution in [0.4, 0.5) is 0 Å². The molecule has 1 aromatic heterocycles. The molecular weight excluding hydrogens is 278 g/mol. The number of fused-ring (bicyclic) bond motifs is 1. The topological polar surface area (TPSA) is 88.0 Å². The molecule has 1 amide bonds. The molecule has 0 spiro atoms. The largest absolute Gasteiger partial charge is 0.346 e. The first-order valence-corrected chi connectivity index (χ1v) is 6.07. The fraction of sp³-hybridized carbons (Fsp3) is 0.286. The summed E-state index contributed by atoms with van der Waals surface area (Å²) in [5.74, 6) is -0.414. The number of H-pyrrole nitrogens is 1. The number of nitrogens with two attached hydrogens (primary N) is 1. The number of halogens is 1. The van der Waals surface area contributed by atoms with Gasteiger partial charge in [0.25, 0.3) is 11.5 Å². The first-order valence-electron chi connectivity index (χ1n) is 6.07. The minimum absolute atomic E-state index is 0. The molecule has 0 bridgehead atoms. The summed E-state index contributed by atoms with van der Waals surface area (Å²) >= 11 is 0. The highest BCUT2D eigenvalue weighted by molar-refractivity contribution is 5.97. The van der Waals surface area contributed by atoms with Crippen molar-refractivity contribution in [3.63, 3.8) is 0 Å². The van der Waals surface area contributed by atoms with Crippen LogP contribution in [0.2, 0.25) is 0 Å². The van der Waals surface area contributed by atoms with E-state index in [2.05, 4.69) is 10.3 Å². The molecule has 0 aliphatic heterocycles. The van der Waals surface area contributed by atoms with Gasteiger partial charge in [-0.3, -0.25) is 9.59 Å². The van der Waals surface area contributed by atoms with Gasteiger partial charge in [0.1, 0.15) is 5.56 Å². The second-order valence-electron chi connectivity index (χ2n) is 5.14. The van der Waals surface area contributed by atoms with E-state index in [1.807, 2.05) is 18.2 Å². The van der Waals surface area contributed by atoms with Gasteiger partial charge in [-0.25, -0.2) is 0 Å². The molecule has 6 heteroatoms. The van der Waals surface area contributed by atoms with E-state index in [9.17, 15) is 9.59 Å². The average Bonchev–Trinajstić information content (AvgIpc) is 2.37. The molecule has 20 heavy (non-hydrogen) atoms. The number of carbonyl (C=O) groups is 1. The van der Waals surface area contributed by atoms with Gasteiger partial charge in [-0.1, -0.05) is 18.2 Å². The molecule has 0 aliphatic rings. The molecule has 4 N–H and O–H groups in total. The minimum atomic E-state index is -0.546. The lowest BCUT2D eigenvalue weighted by molar-refractivity contribution is 0.0914. The number of para-hydroxylation sites is 1. The third-order valence-electron chi connectivity index (χ3n) is 2.96. The maximum Gasteiger partial charge on any atom is 0.261 e. The van der Waals surface area contributed by atoms with Crippen LogP contribution in [-0.4, -0.2) is 23.0 Å². The third-order valence-corrected chi connectivity index (χ3v) is 2.96. The zero-order chi connectivity index (χ0) is 14.0. The lowest BCUT2D eigenvalue weighted by Crippen LogP contribution is -2.49. The second kappa shape index (κ2) is 6.07. The molecule has 2 aromatic rings. The molecule has 2 rings (SSSR count). The molecule has 1 heterocycles. The van der Waals surface area contributed by atoms with Crippen LogP contribution in [-0.2, 0) is 0 Å². The van der Waals surface area contributed by atoms with Crippen molar-refractivity contribution in [1.29, 1.82) is 0 Å². The van der Waals surface area contributed by atoms with Crippen molar-refractivity contribution in [2.24, 2.45) is 5.73 Å². The highest BCUT2D eigenvalue weighted by Gasteiger charge is 2.21. The quantitative estimate of drug-likeness (QED) is 0.800. The Hall–Kier alpha value is -1.85. The van der Waals surface area contributed by atoms with Crippen LogP contribution in [0.5, 0.6) is 0 Å².